The molecule has 0 aromatic carbocycles. The second-order valence-corrected chi connectivity index (χ2v) is 6.09. The molecule has 2 fully saturated rings. The van der Waals surface area contributed by atoms with Gasteiger partial charge in [0.15, 0.2) is 0 Å². The Hall–Kier alpha value is -1.07. The predicted molar refractivity (Wildman–Crippen MR) is 79.9 cm³/mol. The topological polar surface area (TPSA) is 83.8 Å². The number of hydrogen-bond acceptors (Lipinski definition) is 3. The number of aromatic amines is 1. The number of hydrogen-bond donors (Lipinski definition) is 3. The molecular weight excluding hydrogens is 276 g/mol. The first-order valence-electron chi connectivity index (χ1n) is 7.21. The number of nitrogens with two attached hydrogens (primary N) is 1. The Balaban J connectivity index is 0.00000147. The zero-order valence-corrected chi connectivity index (χ0v) is 12.6. The molecule has 20 heavy (non-hydrogen) atoms. The third kappa shape index (κ3) is 2.83. The maximum atomic E-state index is 12.3. The first-order chi connectivity index (χ1) is 9.15. The van der Waals surface area contributed by atoms with E-state index >= 15 is 0 Å². The molecular formula is C14H23ClN4O. The fourth-order valence-electron chi connectivity index (χ4n) is 3.83. The third-order valence-corrected chi connectivity index (χ3v) is 4.75. The highest BCUT2D eigenvalue weighted by Crippen LogP contribution is 2.39. The highest BCUT2D eigenvalue weighted by molar-refractivity contribution is 5.95. The molecule has 2 unspecified atom stereocenters. The van der Waals surface area contributed by atoms with E-state index in [9.17, 15) is 4.79 Å². The summed E-state index contributed by atoms with van der Waals surface area (Å²) in [7, 11) is 0. The zero-order valence-electron chi connectivity index (χ0n) is 11.8. The van der Waals surface area contributed by atoms with Crippen LogP contribution in [-0.2, 0) is 0 Å². The van der Waals surface area contributed by atoms with Crippen molar-refractivity contribution in [2.75, 3.05) is 0 Å². The summed E-state index contributed by atoms with van der Waals surface area (Å²) in [6.45, 7) is 1.87. The molecule has 6 heteroatoms. The Kier molecular flexibility index (Phi) is 4.70. The normalized spacial score (nSPS) is 32.3. The minimum atomic E-state index is 0. The summed E-state index contributed by atoms with van der Waals surface area (Å²) in [4.78, 5) is 12.3. The van der Waals surface area contributed by atoms with E-state index < -0.39 is 0 Å². The quantitative estimate of drug-likeness (QED) is 0.778. The van der Waals surface area contributed by atoms with Gasteiger partial charge in [0.1, 0.15) is 0 Å². The molecule has 2 aliphatic rings. The van der Waals surface area contributed by atoms with Crippen LogP contribution < -0.4 is 11.1 Å². The summed E-state index contributed by atoms with van der Waals surface area (Å²) in [5, 5.41) is 9.96. The van der Waals surface area contributed by atoms with Crippen molar-refractivity contribution >= 4 is 18.3 Å². The molecule has 0 aliphatic heterocycles. The number of H-pyrrole nitrogens is 1. The fourth-order valence-corrected chi connectivity index (χ4v) is 3.83. The number of carbonyl (C=O) groups is 1. The smallest absolute Gasteiger partial charge is 0.254 e. The highest BCUT2D eigenvalue weighted by Gasteiger charge is 2.40. The molecule has 0 radical (unpaired) electrons. The highest BCUT2D eigenvalue weighted by atomic mass is 35.5. The molecule has 2 saturated carbocycles. The van der Waals surface area contributed by atoms with Gasteiger partial charge in [-0.1, -0.05) is 6.42 Å². The number of halogens is 1. The van der Waals surface area contributed by atoms with Crippen molar-refractivity contribution in [2.45, 2.75) is 51.1 Å². The number of carbonyl (C=O) groups excluding carboxylic acids is 1. The van der Waals surface area contributed by atoms with Gasteiger partial charge < -0.3 is 11.1 Å². The maximum Gasteiger partial charge on any atom is 0.254 e. The molecule has 112 valence electrons. The molecule has 1 aromatic heterocycles. The van der Waals surface area contributed by atoms with Crippen LogP contribution in [0.2, 0.25) is 0 Å². The molecule has 1 amide bonds. The summed E-state index contributed by atoms with van der Waals surface area (Å²) in [5.41, 5.74) is 7.60. The van der Waals surface area contributed by atoms with Crippen molar-refractivity contribution in [3.05, 3.63) is 17.5 Å². The van der Waals surface area contributed by atoms with Gasteiger partial charge in [-0.05, 0) is 44.4 Å². The van der Waals surface area contributed by atoms with Crippen molar-refractivity contribution in [1.29, 1.82) is 0 Å². The van der Waals surface area contributed by atoms with Gasteiger partial charge in [0.05, 0.1) is 11.8 Å². The second kappa shape index (κ2) is 6.14. The van der Waals surface area contributed by atoms with Gasteiger partial charge in [0.25, 0.3) is 5.91 Å². The molecule has 0 saturated heterocycles. The van der Waals surface area contributed by atoms with E-state index in [0.29, 0.717) is 29.5 Å². The van der Waals surface area contributed by atoms with Gasteiger partial charge in [-0.25, -0.2) is 0 Å². The summed E-state index contributed by atoms with van der Waals surface area (Å²) in [6, 6.07) is 0.620. The third-order valence-electron chi connectivity index (χ3n) is 4.75. The van der Waals surface area contributed by atoms with E-state index in [4.69, 9.17) is 5.73 Å². The summed E-state index contributed by atoms with van der Waals surface area (Å²) in [6.07, 6.45) is 7.37. The van der Waals surface area contributed by atoms with Crippen LogP contribution in [0, 0.1) is 18.8 Å². The number of fused-ring (bicyclic) bond motifs is 2. The Bertz CT molecular complexity index is 461. The van der Waals surface area contributed by atoms with Crippen molar-refractivity contribution in [1.82, 2.24) is 15.5 Å². The van der Waals surface area contributed by atoms with Crippen LogP contribution in [0.1, 0.15) is 48.2 Å². The van der Waals surface area contributed by atoms with Crippen LogP contribution in [0.5, 0.6) is 0 Å². The summed E-state index contributed by atoms with van der Waals surface area (Å²) < 4.78 is 0. The number of rotatable bonds is 2. The van der Waals surface area contributed by atoms with E-state index in [1.165, 1.54) is 19.3 Å². The molecule has 1 heterocycles. The Morgan fingerprint density at radius 3 is 2.60 bits per heavy atom. The summed E-state index contributed by atoms with van der Waals surface area (Å²) >= 11 is 0. The van der Waals surface area contributed by atoms with Gasteiger partial charge in [0, 0.05) is 17.8 Å². The van der Waals surface area contributed by atoms with Crippen LogP contribution >= 0.6 is 12.4 Å². The molecule has 0 spiro atoms. The standard InChI is InChI=1S/C14H22N4O.ClH/c1-8-12(7-16-18-8)14(19)17-13-9-3-2-4-10(13)6-11(15)5-9;/h7,9-11,13H,2-6,15H2,1H3,(H,16,18)(H,17,19);1H. The van der Waals surface area contributed by atoms with Gasteiger partial charge in [-0.3, -0.25) is 9.89 Å². The van der Waals surface area contributed by atoms with E-state index in [1.54, 1.807) is 6.20 Å². The molecule has 5 nitrogen and oxygen atoms in total. The number of nitrogens with one attached hydrogen (secondary N) is 2. The van der Waals surface area contributed by atoms with E-state index in [2.05, 4.69) is 15.5 Å². The Morgan fingerprint density at radius 2 is 2.05 bits per heavy atom. The molecule has 3 rings (SSSR count). The molecule has 1 aromatic rings. The van der Waals surface area contributed by atoms with Crippen LogP contribution in [0.15, 0.2) is 6.20 Å². The monoisotopic (exact) mass is 298 g/mol. The van der Waals surface area contributed by atoms with Gasteiger partial charge in [0.2, 0.25) is 0 Å². The fraction of sp³-hybridized carbons (Fsp3) is 0.714. The summed E-state index contributed by atoms with van der Waals surface area (Å²) in [5.74, 6) is 1.11. The van der Waals surface area contributed by atoms with Gasteiger partial charge >= 0.3 is 0 Å². The van der Waals surface area contributed by atoms with E-state index in [0.717, 1.165) is 18.5 Å². The average molecular weight is 299 g/mol. The minimum Gasteiger partial charge on any atom is -0.349 e. The lowest BCUT2D eigenvalue weighted by atomic mass is 9.67. The Labute approximate surface area is 125 Å². The van der Waals surface area contributed by atoms with Gasteiger partial charge in [-0.15, -0.1) is 12.4 Å². The molecule has 4 N–H and O–H groups in total. The first kappa shape index (κ1) is 15.3. The molecule has 2 bridgehead atoms. The van der Waals surface area contributed by atoms with Crippen LogP contribution in [-0.4, -0.2) is 28.2 Å². The largest absolute Gasteiger partial charge is 0.349 e. The lowest BCUT2D eigenvalue weighted by molar-refractivity contribution is 0.0755. The molecule has 2 aliphatic carbocycles. The van der Waals surface area contributed by atoms with Crippen molar-refractivity contribution < 1.29 is 4.79 Å². The Morgan fingerprint density at radius 1 is 1.40 bits per heavy atom. The maximum absolute atomic E-state index is 12.3. The predicted octanol–water partition coefficient (Wildman–Crippen LogP) is 1.78. The molecule has 2 atom stereocenters. The first-order valence-corrected chi connectivity index (χ1v) is 7.21. The van der Waals surface area contributed by atoms with Crippen molar-refractivity contribution in [3.63, 3.8) is 0 Å². The van der Waals surface area contributed by atoms with Gasteiger partial charge in [-0.2, -0.15) is 5.10 Å². The number of nitrogens with zero attached hydrogens (tertiary/aromatic N) is 1. The minimum absolute atomic E-state index is 0. The number of aromatic nitrogens is 2. The van der Waals surface area contributed by atoms with Crippen molar-refractivity contribution in [3.8, 4) is 0 Å². The van der Waals surface area contributed by atoms with E-state index in [1.807, 2.05) is 6.92 Å². The van der Waals surface area contributed by atoms with E-state index in [-0.39, 0.29) is 18.3 Å². The van der Waals surface area contributed by atoms with Crippen LogP contribution in [0.25, 0.3) is 0 Å². The second-order valence-electron chi connectivity index (χ2n) is 6.09. The van der Waals surface area contributed by atoms with Crippen LogP contribution in [0.3, 0.4) is 0 Å². The van der Waals surface area contributed by atoms with Crippen LogP contribution in [0.4, 0.5) is 0 Å². The lowest BCUT2D eigenvalue weighted by Crippen LogP contribution is -2.53. The van der Waals surface area contributed by atoms with Crippen molar-refractivity contribution in [2.24, 2.45) is 17.6 Å². The number of amides is 1. The SMILES string of the molecule is Cc1[nH]ncc1C(=O)NC1C2CCCC1CC(N)C2.Cl. The zero-order chi connectivity index (χ0) is 13.4. The number of aryl methyl sites for hydroxylation is 1. The lowest BCUT2D eigenvalue weighted by Gasteiger charge is -2.45. The average Bonchev–Trinajstić information content (AvgIpc) is 2.76.